The Morgan fingerprint density at radius 1 is 1.56 bits per heavy atom. The second-order valence-electron chi connectivity index (χ2n) is 4.45. The average molecular weight is 241 g/mol. The Hall–Kier alpha value is -1.04. The molecule has 0 aromatic carbocycles. The highest BCUT2D eigenvalue weighted by molar-refractivity contribution is 7.99. The second-order valence-corrected chi connectivity index (χ2v) is 5.52. The number of nitrogens with zero attached hydrogens (tertiary/aromatic N) is 2. The van der Waals surface area contributed by atoms with Gasteiger partial charge in [-0.3, -0.25) is 10.5 Å². The molecule has 0 aliphatic heterocycles. The molecule has 0 saturated carbocycles. The van der Waals surface area contributed by atoms with E-state index in [-0.39, 0.29) is 11.3 Å². The summed E-state index contributed by atoms with van der Waals surface area (Å²) >= 11 is 1.63. The van der Waals surface area contributed by atoms with Crippen LogP contribution in [0, 0.1) is 17.7 Å². The fourth-order valence-electron chi connectivity index (χ4n) is 1.20. The number of aromatic nitrogens is 3. The summed E-state index contributed by atoms with van der Waals surface area (Å²) in [6, 6.07) is 0. The lowest BCUT2D eigenvalue weighted by Gasteiger charge is -2.22. The number of rotatable bonds is 6. The van der Waals surface area contributed by atoms with E-state index in [0.29, 0.717) is 0 Å². The number of hydrogen-bond acceptors (Lipinski definition) is 4. The zero-order chi connectivity index (χ0) is 12.2. The molecule has 0 bridgehead atoms. The Morgan fingerprint density at radius 3 is 2.75 bits per heavy atom. The van der Waals surface area contributed by atoms with Crippen LogP contribution in [0.3, 0.4) is 0 Å². The molecular formula is C10H19N5S. The lowest BCUT2D eigenvalue weighted by Crippen LogP contribution is -2.30. The van der Waals surface area contributed by atoms with Crippen molar-refractivity contribution < 1.29 is 0 Å². The minimum Gasteiger partial charge on any atom is -0.387 e. The van der Waals surface area contributed by atoms with E-state index in [4.69, 9.17) is 11.1 Å². The molecule has 0 amide bonds. The van der Waals surface area contributed by atoms with E-state index in [1.165, 1.54) is 0 Å². The van der Waals surface area contributed by atoms with Crippen molar-refractivity contribution in [3.05, 3.63) is 5.82 Å². The third kappa shape index (κ3) is 3.84. The second kappa shape index (κ2) is 5.34. The van der Waals surface area contributed by atoms with Crippen LogP contribution in [0.25, 0.3) is 0 Å². The van der Waals surface area contributed by atoms with Crippen LogP contribution in [0.1, 0.15) is 32.5 Å². The molecule has 16 heavy (non-hydrogen) atoms. The van der Waals surface area contributed by atoms with Crippen molar-refractivity contribution in [2.75, 3.05) is 5.75 Å². The number of nitrogens with two attached hydrogens (primary N) is 1. The largest absolute Gasteiger partial charge is 0.387 e. The molecule has 5 nitrogen and oxygen atoms in total. The summed E-state index contributed by atoms with van der Waals surface area (Å²) < 4.78 is 0. The highest BCUT2D eigenvalue weighted by Gasteiger charge is 2.20. The third-order valence-electron chi connectivity index (χ3n) is 2.48. The molecule has 1 aromatic heterocycles. The normalized spacial score (nSPS) is 11.7. The molecule has 1 heterocycles. The van der Waals surface area contributed by atoms with Gasteiger partial charge in [0.05, 0.1) is 5.84 Å². The van der Waals surface area contributed by atoms with Crippen molar-refractivity contribution in [3.8, 4) is 0 Å². The number of amidine groups is 1. The topological polar surface area (TPSA) is 91.4 Å². The molecule has 0 unspecified atom stereocenters. The molecule has 1 aromatic rings. The number of nitrogens with one attached hydrogen (secondary N) is 2. The van der Waals surface area contributed by atoms with E-state index in [9.17, 15) is 0 Å². The van der Waals surface area contributed by atoms with Crippen molar-refractivity contribution in [2.45, 2.75) is 38.8 Å². The smallest absolute Gasteiger partial charge is 0.208 e. The summed E-state index contributed by atoms with van der Waals surface area (Å²) in [5.41, 5.74) is 5.31. The Labute approximate surface area is 100 Å². The average Bonchev–Trinajstić information content (AvgIpc) is 2.59. The van der Waals surface area contributed by atoms with Crippen molar-refractivity contribution in [3.63, 3.8) is 0 Å². The Morgan fingerprint density at radius 2 is 2.25 bits per heavy atom. The zero-order valence-electron chi connectivity index (χ0n) is 10.0. The van der Waals surface area contributed by atoms with Gasteiger partial charge in [0.15, 0.2) is 0 Å². The monoisotopic (exact) mass is 241 g/mol. The van der Waals surface area contributed by atoms with Gasteiger partial charge in [-0.1, -0.05) is 25.6 Å². The van der Waals surface area contributed by atoms with Gasteiger partial charge in [-0.05, 0) is 19.8 Å². The first kappa shape index (κ1) is 13.0. The van der Waals surface area contributed by atoms with Crippen molar-refractivity contribution in [2.24, 2.45) is 11.1 Å². The predicted molar refractivity (Wildman–Crippen MR) is 66.8 cm³/mol. The number of aryl methyl sites for hydroxylation is 1. The van der Waals surface area contributed by atoms with E-state index in [2.05, 4.69) is 15.2 Å². The summed E-state index contributed by atoms with van der Waals surface area (Å²) in [6.07, 6.45) is 1.92. The van der Waals surface area contributed by atoms with Crippen molar-refractivity contribution in [1.29, 1.82) is 5.41 Å². The molecule has 0 spiro atoms. The van der Waals surface area contributed by atoms with Crippen LogP contribution in [-0.2, 0) is 0 Å². The molecule has 1 rings (SSSR count). The lowest BCUT2D eigenvalue weighted by molar-refractivity contribution is 0.464. The summed E-state index contributed by atoms with van der Waals surface area (Å²) in [4.78, 5) is 4.21. The molecular weight excluding hydrogens is 222 g/mol. The molecule has 0 fully saturated rings. The lowest BCUT2D eigenvalue weighted by atomic mass is 9.87. The van der Waals surface area contributed by atoms with E-state index < -0.39 is 0 Å². The van der Waals surface area contributed by atoms with Gasteiger partial charge in [0.2, 0.25) is 5.16 Å². The Bertz CT molecular complexity index is 358. The number of thioether (sulfide) groups is 1. The molecule has 4 N–H and O–H groups in total. The van der Waals surface area contributed by atoms with Gasteiger partial charge in [0.1, 0.15) is 5.82 Å². The summed E-state index contributed by atoms with van der Waals surface area (Å²) in [5, 5.41) is 15.1. The zero-order valence-corrected chi connectivity index (χ0v) is 10.8. The third-order valence-corrected chi connectivity index (χ3v) is 3.42. The van der Waals surface area contributed by atoms with Gasteiger partial charge < -0.3 is 5.73 Å². The van der Waals surface area contributed by atoms with Crippen LogP contribution in [0.4, 0.5) is 0 Å². The van der Waals surface area contributed by atoms with E-state index in [1.807, 2.05) is 20.8 Å². The standard InChI is InChI=1S/C10H19N5S/c1-7-13-9(15-14-7)16-6-4-5-10(2,3)8(11)12/h4-6H2,1-3H3,(H3,11,12)(H,13,14,15). The molecule has 0 aliphatic carbocycles. The van der Waals surface area contributed by atoms with Gasteiger partial charge in [-0.2, -0.15) is 0 Å². The first-order valence-corrected chi connectivity index (χ1v) is 6.27. The molecule has 0 atom stereocenters. The van der Waals surface area contributed by atoms with Gasteiger partial charge in [0, 0.05) is 11.2 Å². The van der Waals surface area contributed by atoms with Gasteiger partial charge >= 0.3 is 0 Å². The van der Waals surface area contributed by atoms with E-state index in [0.717, 1.165) is 29.6 Å². The van der Waals surface area contributed by atoms with Crippen molar-refractivity contribution >= 4 is 17.6 Å². The maximum atomic E-state index is 7.44. The van der Waals surface area contributed by atoms with Gasteiger partial charge in [-0.25, -0.2) is 4.98 Å². The van der Waals surface area contributed by atoms with E-state index >= 15 is 0 Å². The maximum Gasteiger partial charge on any atom is 0.208 e. The minimum absolute atomic E-state index is 0.199. The first-order valence-electron chi connectivity index (χ1n) is 5.28. The van der Waals surface area contributed by atoms with Gasteiger partial charge in [-0.15, -0.1) is 5.10 Å². The number of H-pyrrole nitrogens is 1. The Kier molecular flexibility index (Phi) is 4.35. The fourth-order valence-corrected chi connectivity index (χ4v) is 1.98. The van der Waals surface area contributed by atoms with Crippen LogP contribution < -0.4 is 5.73 Å². The summed E-state index contributed by atoms with van der Waals surface area (Å²) in [5.74, 6) is 2.05. The number of aromatic amines is 1. The minimum atomic E-state index is -0.199. The van der Waals surface area contributed by atoms with Crippen LogP contribution in [-0.4, -0.2) is 26.8 Å². The Balaban J connectivity index is 2.24. The van der Waals surface area contributed by atoms with Gasteiger partial charge in [0.25, 0.3) is 0 Å². The molecule has 0 saturated heterocycles. The van der Waals surface area contributed by atoms with Crippen molar-refractivity contribution in [1.82, 2.24) is 15.2 Å². The van der Waals surface area contributed by atoms with E-state index in [1.54, 1.807) is 11.8 Å². The van der Waals surface area contributed by atoms with Crippen LogP contribution in [0.5, 0.6) is 0 Å². The summed E-state index contributed by atoms with van der Waals surface area (Å²) in [7, 11) is 0. The highest BCUT2D eigenvalue weighted by Crippen LogP contribution is 2.24. The molecule has 0 aliphatic rings. The predicted octanol–water partition coefficient (Wildman–Crippen LogP) is 1.95. The molecule has 0 radical (unpaired) electrons. The molecule has 90 valence electrons. The molecule has 6 heteroatoms. The quantitative estimate of drug-likeness (QED) is 0.307. The number of hydrogen-bond donors (Lipinski definition) is 3. The van der Waals surface area contributed by atoms with Crippen LogP contribution in [0.2, 0.25) is 0 Å². The van der Waals surface area contributed by atoms with Crippen LogP contribution in [0.15, 0.2) is 5.16 Å². The van der Waals surface area contributed by atoms with Crippen LogP contribution >= 0.6 is 11.8 Å². The highest BCUT2D eigenvalue weighted by atomic mass is 32.2. The first-order chi connectivity index (χ1) is 7.42. The summed E-state index contributed by atoms with van der Waals surface area (Å²) in [6.45, 7) is 5.88. The fraction of sp³-hybridized carbons (Fsp3) is 0.700. The SMILES string of the molecule is Cc1nc(SCCCC(C)(C)C(=N)N)n[nH]1. The maximum absolute atomic E-state index is 7.44.